The molecule has 1 heterocycles. The molecule has 2 aromatic rings. The molecule has 0 fully saturated rings. The molecule has 0 saturated heterocycles. The van der Waals surface area contributed by atoms with Crippen LogP contribution in [0.5, 0.6) is 0 Å². The summed E-state index contributed by atoms with van der Waals surface area (Å²) in [6.07, 6.45) is 1.33. The number of thiophene rings is 1. The molecule has 2 N–H and O–H groups in total. The molecule has 0 aliphatic rings. The highest BCUT2D eigenvalue weighted by Gasteiger charge is 2.29. The second-order valence-corrected chi connectivity index (χ2v) is 6.21. The molecule has 0 spiro atoms. The molecule has 0 amide bonds. The van der Waals surface area contributed by atoms with Crippen molar-refractivity contribution in [1.82, 2.24) is 0 Å². The van der Waals surface area contributed by atoms with E-state index in [1.165, 1.54) is 6.07 Å². The standard InChI is InChI=1S/C14H15BrFNS/c1-2-14(17,9-13-11(15)7-8-18-13)10-5-3-4-6-12(10)16/h3-8H,2,9,17H2,1H3. The SMILES string of the molecule is CCC(N)(Cc1sccc1Br)c1ccccc1F. The molecule has 0 aliphatic heterocycles. The third kappa shape index (κ3) is 2.66. The smallest absolute Gasteiger partial charge is 0.128 e. The molecular formula is C14H15BrFNS. The van der Waals surface area contributed by atoms with Gasteiger partial charge < -0.3 is 5.73 Å². The van der Waals surface area contributed by atoms with E-state index in [9.17, 15) is 4.39 Å². The lowest BCUT2D eigenvalue weighted by Gasteiger charge is -2.29. The average molecular weight is 328 g/mol. The normalized spacial score (nSPS) is 14.4. The van der Waals surface area contributed by atoms with Gasteiger partial charge in [0.2, 0.25) is 0 Å². The van der Waals surface area contributed by atoms with Crippen LogP contribution < -0.4 is 5.73 Å². The van der Waals surface area contributed by atoms with Crippen molar-refractivity contribution in [2.24, 2.45) is 5.73 Å². The Bertz CT molecular complexity index is 540. The fourth-order valence-corrected chi connectivity index (χ4v) is 3.63. The predicted octanol–water partition coefficient (Wildman–Crippen LogP) is 4.46. The van der Waals surface area contributed by atoms with Gasteiger partial charge >= 0.3 is 0 Å². The minimum absolute atomic E-state index is 0.227. The van der Waals surface area contributed by atoms with Gasteiger partial charge in [-0.25, -0.2) is 4.39 Å². The molecule has 0 bridgehead atoms. The Kier molecular flexibility index (Phi) is 4.20. The predicted molar refractivity (Wildman–Crippen MR) is 78.3 cm³/mol. The quantitative estimate of drug-likeness (QED) is 0.881. The molecule has 1 aromatic carbocycles. The summed E-state index contributed by atoms with van der Waals surface area (Å²) in [5.74, 6) is -0.227. The summed E-state index contributed by atoms with van der Waals surface area (Å²) >= 11 is 5.14. The molecule has 0 radical (unpaired) electrons. The zero-order chi connectivity index (χ0) is 13.2. The van der Waals surface area contributed by atoms with E-state index < -0.39 is 5.54 Å². The van der Waals surface area contributed by atoms with Crippen LogP contribution in [0.15, 0.2) is 40.2 Å². The van der Waals surface area contributed by atoms with E-state index in [1.807, 2.05) is 24.4 Å². The second kappa shape index (κ2) is 5.51. The molecule has 0 aliphatic carbocycles. The zero-order valence-electron chi connectivity index (χ0n) is 10.1. The Morgan fingerprint density at radius 2 is 2.06 bits per heavy atom. The molecule has 0 saturated carbocycles. The minimum atomic E-state index is -0.654. The molecule has 2 rings (SSSR count). The van der Waals surface area contributed by atoms with Crippen molar-refractivity contribution in [1.29, 1.82) is 0 Å². The Hall–Kier alpha value is -0.710. The average Bonchev–Trinajstić information content (AvgIpc) is 2.75. The van der Waals surface area contributed by atoms with Crippen molar-refractivity contribution >= 4 is 27.3 Å². The highest BCUT2D eigenvalue weighted by Crippen LogP contribution is 2.33. The molecule has 1 nitrogen and oxygen atoms in total. The van der Waals surface area contributed by atoms with Crippen LogP contribution in [0.4, 0.5) is 4.39 Å². The van der Waals surface area contributed by atoms with E-state index in [4.69, 9.17) is 5.73 Å². The van der Waals surface area contributed by atoms with Crippen LogP contribution in [0.25, 0.3) is 0 Å². The van der Waals surface area contributed by atoms with Crippen LogP contribution in [0.3, 0.4) is 0 Å². The van der Waals surface area contributed by atoms with Crippen molar-refractivity contribution in [2.75, 3.05) is 0 Å². The van der Waals surface area contributed by atoms with Crippen LogP contribution in [0, 0.1) is 5.82 Å². The highest BCUT2D eigenvalue weighted by molar-refractivity contribution is 9.10. The first-order valence-electron chi connectivity index (χ1n) is 5.82. The third-order valence-corrected chi connectivity index (χ3v) is 5.13. The topological polar surface area (TPSA) is 26.0 Å². The Morgan fingerprint density at radius 3 is 2.61 bits per heavy atom. The Morgan fingerprint density at radius 1 is 1.33 bits per heavy atom. The van der Waals surface area contributed by atoms with Crippen molar-refractivity contribution in [3.8, 4) is 0 Å². The maximum atomic E-state index is 13.9. The van der Waals surface area contributed by atoms with E-state index in [0.717, 1.165) is 9.35 Å². The number of rotatable bonds is 4. The number of benzene rings is 1. The maximum absolute atomic E-state index is 13.9. The molecule has 96 valence electrons. The fourth-order valence-electron chi connectivity index (χ4n) is 2.01. The number of hydrogen-bond donors (Lipinski definition) is 1. The van der Waals surface area contributed by atoms with Gasteiger partial charge in [-0.2, -0.15) is 0 Å². The van der Waals surface area contributed by atoms with E-state index in [0.29, 0.717) is 18.4 Å². The van der Waals surface area contributed by atoms with Gasteiger partial charge in [0.15, 0.2) is 0 Å². The lowest BCUT2D eigenvalue weighted by atomic mass is 9.84. The monoisotopic (exact) mass is 327 g/mol. The summed E-state index contributed by atoms with van der Waals surface area (Å²) in [7, 11) is 0. The van der Waals surface area contributed by atoms with Crippen LogP contribution in [0.2, 0.25) is 0 Å². The van der Waals surface area contributed by atoms with Crippen LogP contribution in [-0.4, -0.2) is 0 Å². The van der Waals surface area contributed by atoms with Gasteiger partial charge in [-0.05, 0) is 39.9 Å². The second-order valence-electron chi connectivity index (χ2n) is 4.36. The summed E-state index contributed by atoms with van der Waals surface area (Å²) in [4.78, 5) is 1.16. The summed E-state index contributed by atoms with van der Waals surface area (Å²) in [6, 6.07) is 8.77. The van der Waals surface area contributed by atoms with Gasteiger partial charge in [-0.1, -0.05) is 25.1 Å². The lowest BCUT2D eigenvalue weighted by Crippen LogP contribution is -2.39. The summed E-state index contributed by atoms with van der Waals surface area (Å²) in [5.41, 5.74) is 6.36. The molecule has 1 unspecified atom stereocenters. The van der Waals surface area contributed by atoms with Crippen LogP contribution >= 0.6 is 27.3 Å². The number of hydrogen-bond acceptors (Lipinski definition) is 2. The minimum Gasteiger partial charge on any atom is -0.321 e. The molecule has 1 aromatic heterocycles. The van der Waals surface area contributed by atoms with E-state index >= 15 is 0 Å². The van der Waals surface area contributed by atoms with Gasteiger partial charge in [0.1, 0.15) is 5.82 Å². The van der Waals surface area contributed by atoms with Crippen molar-refractivity contribution in [3.05, 3.63) is 56.4 Å². The summed E-state index contributed by atoms with van der Waals surface area (Å²) < 4.78 is 15.0. The van der Waals surface area contributed by atoms with E-state index in [2.05, 4.69) is 15.9 Å². The number of nitrogens with two attached hydrogens (primary N) is 1. The highest BCUT2D eigenvalue weighted by atomic mass is 79.9. The van der Waals surface area contributed by atoms with Crippen molar-refractivity contribution in [3.63, 3.8) is 0 Å². The molecule has 18 heavy (non-hydrogen) atoms. The van der Waals surface area contributed by atoms with Gasteiger partial charge in [0.05, 0.1) is 0 Å². The van der Waals surface area contributed by atoms with Gasteiger partial charge in [0, 0.05) is 26.9 Å². The lowest BCUT2D eigenvalue weighted by molar-refractivity contribution is 0.405. The summed E-state index contributed by atoms with van der Waals surface area (Å²) in [6.45, 7) is 1.99. The van der Waals surface area contributed by atoms with Crippen molar-refractivity contribution in [2.45, 2.75) is 25.3 Å². The van der Waals surface area contributed by atoms with Gasteiger partial charge in [-0.3, -0.25) is 0 Å². The molecule has 1 atom stereocenters. The first-order chi connectivity index (χ1) is 8.57. The van der Waals surface area contributed by atoms with Crippen molar-refractivity contribution < 1.29 is 4.39 Å². The van der Waals surface area contributed by atoms with E-state index in [-0.39, 0.29) is 5.82 Å². The maximum Gasteiger partial charge on any atom is 0.128 e. The van der Waals surface area contributed by atoms with Gasteiger partial charge in [0.25, 0.3) is 0 Å². The zero-order valence-corrected chi connectivity index (χ0v) is 12.5. The van der Waals surface area contributed by atoms with Gasteiger partial charge in [-0.15, -0.1) is 11.3 Å². The Balaban J connectivity index is 2.37. The van der Waals surface area contributed by atoms with Crippen LogP contribution in [0.1, 0.15) is 23.8 Å². The fraction of sp³-hybridized carbons (Fsp3) is 0.286. The third-order valence-electron chi connectivity index (χ3n) is 3.21. The summed E-state index contributed by atoms with van der Waals surface area (Å²) in [5, 5.41) is 2.01. The first kappa shape index (κ1) is 13.7. The Labute approximate surface area is 119 Å². The van der Waals surface area contributed by atoms with Crippen LogP contribution in [-0.2, 0) is 12.0 Å². The molecular weight excluding hydrogens is 313 g/mol. The number of halogens is 2. The molecule has 4 heteroatoms. The van der Waals surface area contributed by atoms with E-state index in [1.54, 1.807) is 23.5 Å². The first-order valence-corrected chi connectivity index (χ1v) is 7.50. The largest absolute Gasteiger partial charge is 0.321 e.